The molecule has 0 bridgehead atoms. The minimum Gasteiger partial charge on any atom is -0.378 e. The lowest BCUT2D eigenvalue weighted by molar-refractivity contribution is -0.136. The van der Waals surface area contributed by atoms with E-state index in [2.05, 4.69) is 12.2 Å². The fourth-order valence-corrected chi connectivity index (χ4v) is 3.67. The van der Waals surface area contributed by atoms with Crippen LogP contribution in [0.2, 0.25) is 0 Å². The molecule has 2 rings (SSSR count). The van der Waals surface area contributed by atoms with Gasteiger partial charge >= 0.3 is 0 Å². The number of ether oxygens (including phenoxy) is 1. The van der Waals surface area contributed by atoms with Gasteiger partial charge in [0.2, 0.25) is 5.91 Å². The van der Waals surface area contributed by atoms with Crippen LogP contribution in [-0.4, -0.2) is 30.7 Å². The van der Waals surface area contributed by atoms with Gasteiger partial charge in [-0.05, 0) is 38.0 Å². The lowest BCUT2D eigenvalue weighted by Gasteiger charge is -2.43. The summed E-state index contributed by atoms with van der Waals surface area (Å²) in [6, 6.07) is 0. The van der Waals surface area contributed by atoms with Crippen molar-refractivity contribution >= 4 is 5.91 Å². The predicted molar refractivity (Wildman–Crippen MR) is 75.8 cm³/mol. The molecule has 0 aromatic rings. The molecule has 2 atom stereocenters. The van der Waals surface area contributed by atoms with Crippen LogP contribution in [0.1, 0.15) is 58.3 Å². The summed E-state index contributed by atoms with van der Waals surface area (Å²) in [6.07, 6.45) is 8.09. The summed E-state index contributed by atoms with van der Waals surface area (Å²) in [6.45, 7) is 2.79. The summed E-state index contributed by atoms with van der Waals surface area (Å²) >= 11 is 0. The highest BCUT2D eigenvalue weighted by Gasteiger charge is 2.41. The zero-order chi connectivity index (χ0) is 13.9. The van der Waals surface area contributed by atoms with Gasteiger partial charge in [0.25, 0.3) is 0 Å². The molecular weight excluding hydrogens is 240 g/mol. The second-order valence-electron chi connectivity index (χ2n) is 6.65. The van der Waals surface area contributed by atoms with Gasteiger partial charge in [0, 0.05) is 13.7 Å². The molecular formula is C15H28N2O2. The monoisotopic (exact) mass is 268 g/mol. The molecule has 0 spiro atoms. The van der Waals surface area contributed by atoms with Crippen LogP contribution in [-0.2, 0) is 9.53 Å². The predicted octanol–water partition coefficient (Wildman–Crippen LogP) is 1.97. The second-order valence-corrected chi connectivity index (χ2v) is 6.65. The Kier molecular flexibility index (Phi) is 4.51. The quantitative estimate of drug-likeness (QED) is 0.801. The summed E-state index contributed by atoms with van der Waals surface area (Å²) in [5.41, 5.74) is 5.58. The summed E-state index contributed by atoms with van der Waals surface area (Å²) in [4.78, 5) is 12.3. The molecule has 0 aromatic carbocycles. The molecule has 0 heterocycles. The zero-order valence-electron chi connectivity index (χ0n) is 12.3. The Bertz CT molecular complexity index is 323. The number of hydrogen-bond acceptors (Lipinski definition) is 3. The van der Waals surface area contributed by atoms with Crippen molar-refractivity contribution in [1.29, 1.82) is 0 Å². The first-order chi connectivity index (χ1) is 9.03. The molecule has 19 heavy (non-hydrogen) atoms. The first-order valence-corrected chi connectivity index (χ1v) is 7.59. The van der Waals surface area contributed by atoms with Gasteiger partial charge in [-0.15, -0.1) is 0 Å². The summed E-state index contributed by atoms with van der Waals surface area (Å²) in [7, 11) is 1.72. The molecule has 2 saturated carbocycles. The van der Waals surface area contributed by atoms with Crippen molar-refractivity contribution < 1.29 is 9.53 Å². The van der Waals surface area contributed by atoms with Crippen molar-refractivity contribution in [1.82, 2.24) is 5.32 Å². The highest BCUT2D eigenvalue weighted by Crippen LogP contribution is 2.38. The first-order valence-electron chi connectivity index (χ1n) is 7.59. The molecule has 110 valence electrons. The topological polar surface area (TPSA) is 64.3 Å². The molecule has 3 N–H and O–H groups in total. The van der Waals surface area contributed by atoms with E-state index in [9.17, 15) is 4.79 Å². The number of carbonyl (C=O) groups is 1. The molecule has 2 fully saturated rings. The third kappa shape index (κ3) is 3.29. The Hall–Kier alpha value is -0.610. The van der Waals surface area contributed by atoms with E-state index in [0.29, 0.717) is 18.9 Å². The van der Waals surface area contributed by atoms with Crippen LogP contribution in [0.3, 0.4) is 0 Å². The maximum Gasteiger partial charge on any atom is 0.223 e. The van der Waals surface area contributed by atoms with E-state index in [0.717, 1.165) is 32.1 Å². The van der Waals surface area contributed by atoms with E-state index >= 15 is 0 Å². The van der Waals surface area contributed by atoms with Gasteiger partial charge in [-0.25, -0.2) is 0 Å². The molecule has 2 unspecified atom stereocenters. The molecule has 0 aliphatic heterocycles. The Morgan fingerprint density at radius 1 is 1.37 bits per heavy atom. The minimum absolute atomic E-state index is 0.112. The summed E-state index contributed by atoms with van der Waals surface area (Å²) in [5, 5.41) is 3.23. The molecule has 2 aliphatic rings. The SMILES string of the molecule is COC1(CC(=O)NC2(CN)CCCC(C)C2)CCC1. The summed E-state index contributed by atoms with van der Waals surface area (Å²) < 4.78 is 5.53. The highest BCUT2D eigenvalue weighted by molar-refractivity contribution is 5.78. The van der Waals surface area contributed by atoms with Crippen molar-refractivity contribution in [2.24, 2.45) is 11.7 Å². The zero-order valence-corrected chi connectivity index (χ0v) is 12.3. The maximum atomic E-state index is 12.3. The number of carbonyl (C=O) groups excluding carboxylic acids is 1. The third-order valence-corrected chi connectivity index (χ3v) is 5.07. The van der Waals surface area contributed by atoms with Gasteiger partial charge in [-0.2, -0.15) is 0 Å². The molecule has 4 nitrogen and oxygen atoms in total. The van der Waals surface area contributed by atoms with Crippen LogP contribution >= 0.6 is 0 Å². The Balaban J connectivity index is 1.92. The molecule has 1 amide bonds. The number of amides is 1. The van der Waals surface area contributed by atoms with Crippen LogP contribution in [0.4, 0.5) is 0 Å². The van der Waals surface area contributed by atoms with Crippen molar-refractivity contribution in [3.8, 4) is 0 Å². The molecule has 0 saturated heterocycles. The van der Waals surface area contributed by atoms with Gasteiger partial charge in [0.05, 0.1) is 17.6 Å². The van der Waals surface area contributed by atoms with Crippen LogP contribution < -0.4 is 11.1 Å². The van der Waals surface area contributed by atoms with E-state index in [1.54, 1.807) is 7.11 Å². The average Bonchev–Trinajstić information content (AvgIpc) is 2.34. The number of methoxy groups -OCH3 is 1. The van der Waals surface area contributed by atoms with E-state index < -0.39 is 0 Å². The molecule has 0 radical (unpaired) electrons. The molecule has 4 heteroatoms. The van der Waals surface area contributed by atoms with Crippen molar-refractivity contribution in [3.05, 3.63) is 0 Å². The Labute approximate surface area is 116 Å². The number of nitrogens with one attached hydrogen (secondary N) is 1. The fourth-order valence-electron chi connectivity index (χ4n) is 3.67. The Morgan fingerprint density at radius 2 is 2.11 bits per heavy atom. The number of rotatable bonds is 5. The van der Waals surface area contributed by atoms with Crippen LogP contribution in [0, 0.1) is 5.92 Å². The first kappa shape index (κ1) is 14.8. The van der Waals surface area contributed by atoms with E-state index in [4.69, 9.17) is 10.5 Å². The van der Waals surface area contributed by atoms with Gasteiger partial charge in [0.1, 0.15) is 0 Å². The van der Waals surface area contributed by atoms with Crippen LogP contribution in [0.5, 0.6) is 0 Å². The van der Waals surface area contributed by atoms with Gasteiger partial charge < -0.3 is 15.8 Å². The van der Waals surface area contributed by atoms with E-state index in [-0.39, 0.29) is 17.0 Å². The summed E-state index contributed by atoms with van der Waals surface area (Å²) in [5.74, 6) is 0.763. The third-order valence-electron chi connectivity index (χ3n) is 5.07. The lowest BCUT2D eigenvalue weighted by atomic mass is 9.75. The molecule has 2 aliphatic carbocycles. The normalized spacial score (nSPS) is 33.5. The van der Waals surface area contributed by atoms with Crippen LogP contribution in [0.25, 0.3) is 0 Å². The largest absolute Gasteiger partial charge is 0.378 e. The molecule has 0 aromatic heterocycles. The van der Waals surface area contributed by atoms with Gasteiger partial charge in [-0.1, -0.05) is 19.8 Å². The van der Waals surface area contributed by atoms with E-state index in [1.807, 2.05) is 0 Å². The van der Waals surface area contributed by atoms with Crippen molar-refractivity contribution in [2.45, 2.75) is 69.4 Å². The standard InChI is InChI=1S/C15H28N2O2/c1-12-5-3-6-14(9-12,11-16)17-13(18)10-15(19-2)7-4-8-15/h12H,3-11,16H2,1-2H3,(H,17,18). The highest BCUT2D eigenvalue weighted by atomic mass is 16.5. The van der Waals surface area contributed by atoms with Crippen molar-refractivity contribution in [2.75, 3.05) is 13.7 Å². The van der Waals surface area contributed by atoms with Gasteiger partial charge in [0.15, 0.2) is 0 Å². The van der Waals surface area contributed by atoms with Gasteiger partial charge in [-0.3, -0.25) is 4.79 Å². The maximum absolute atomic E-state index is 12.3. The van der Waals surface area contributed by atoms with E-state index in [1.165, 1.54) is 12.8 Å². The Morgan fingerprint density at radius 3 is 2.58 bits per heavy atom. The fraction of sp³-hybridized carbons (Fsp3) is 0.933. The minimum atomic E-state index is -0.194. The number of nitrogens with two attached hydrogens (primary N) is 1. The van der Waals surface area contributed by atoms with Crippen LogP contribution in [0.15, 0.2) is 0 Å². The smallest absolute Gasteiger partial charge is 0.223 e. The second kappa shape index (κ2) is 5.80. The average molecular weight is 268 g/mol. The van der Waals surface area contributed by atoms with Crippen molar-refractivity contribution in [3.63, 3.8) is 0 Å². The number of hydrogen-bond donors (Lipinski definition) is 2. The lowest BCUT2D eigenvalue weighted by Crippen LogP contribution is -2.57.